The van der Waals surface area contributed by atoms with Crippen molar-refractivity contribution in [3.63, 3.8) is 0 Å². The number of aromatic nitrogens is 3. The van der Waals surface area contributed by atoms with Gasteiger partial charge in [0, 0.05) is 11.3 Å². The van der Waals surface area contributed by atoms with Gasteiger partial charge in [-0.15, -0.1) is 10.2 Å². The van der Waals surface area contributed by atoms with Crippen molar-refractivity contribution in [1.29, 1.82) is 0 Å². The Morgan fingerprint density at radius 3 is 2.46 bits per heavy atom. The fourth-order valence-corrected chi connectivity index (χ4v) is 3.27. The highest BCUT2D eigenvalue weighted by Crippen LogP contribution is 2.28. The highest BCUT2D eigenvalue weighted by Gasteiger charge is 2.17. The van der Waals surface area contributed by atoms with E-state index in [0.717, 1.165) is 16.8 Å². The summed E-state index contributed by atoms with van der Waals surface area (Å²) in [5.41, 5.74) is 3.00. The first-order valence-corrected chi connectivity index (χ1v) is 9.61. The summed E-state index contributed by atoms with van der Waals surface area (Å²) in [5, 5.41) is 11.7. The van der Waals surface area contributed by atoms with E-state index in [1.54, 1.807) is 0 Å². The number of rotatable bonds is 7. The molecule has 7 nitrogen and oxygen atoms in total. The van der Waals surface area contributed by atoms with Crippen LogP contribution in [-0.2, 0) is 14.3 Å². The molecule has 1 heterocycles. The summed E-state index contributed by atoms with van der Waals surface area (Å²) in [6.07, 6.45) is 0. The number of methoxy groups -OCH3 is 1. The van der Waals surface area contributed by atoms with Crippen molar-refractivity contribution in [1.82, 2.24) is 20.1 Å². The molecule has 8 heteroatoms. The fourth-order valence-electron chi connectivity index (χ4n) is 2.49. The van der Waals surface area contributed by atoms with Crippen LogP contribution >= 0.6 is 11.8 Å². The summed E-state index contributed by atoms with van der Waals surface area (Å²) in [4.78, 5) is 23.1. The number of para-hydroxylation sites is 1. The van der Waals surface area contributed by atoms with Gasteiger partial charge in [0.15, 0.2) is 11.0 Å². The molecule has 0 aliphatic heterocycles. The number of thioether (sulfide) groups is 1. The number of amides is 1. The van der Waals surface area contributed by atoms with Crippen LogP contribution in [0.4, 0.5) is 0 Å². The minimum Gasteiger partial charge on any atom is -0.468 e. The van der Waals surface area contributed by atoms with E-state index < -0.39 is 5.97 Å². The molecule has 0 unspecified atom stereocenters. The predicted octanol–water partition coefficient (Wildman–Crippen LogP) is 2.62. The average molecular weight is 396 g/mol. The molecule has 1 N–H and O–H groups in total. The summed E-state index contributed by atoms with van der Waals surface area (Å²) < 4.78 is 6.43. The molecule has 0 radical (unpaired) electrons. The van der Waals surface area contributed by atoms with Crippen LogP contribution in [0.5, 0.6) is 0 Å². The molecule has 1 amide bonds. The lowest BCUT2D eigenvalue weighted by atomic mass is 10.1. The van der Waals surface area contributed by atoms with Gasteiger partial charge in [0.25, 0.3) is 0 Å². The number of nitrogens with zero attached hydrogens (tertiary/aromatic N) is 3. The Hall–Kier alpha value is -3.13. The van der Waals surface area contributed by atoms with Crippen LogP contribution in [0.1, 0.15) is 5.56 Å². The smallest absolute Gasteiger partial charge is 0.325 e. The summed E-state index contributed by atoms with van der Waals surface area (Å²) in [7, 11) is 1.28. The second-order valence-electron chi connectivity index (χ2n) is 5.98. The number of benzene rings is 2. The van der Waals surface area contributed by atoms with Gasteiger partial charge in [0.2, 0.25) is 5.91 Å². The zero-order valence-electron chi connectivity index (χ0n) is 15.6. The number of carbonyl (C=O) groups excluding carboxylic acids is 2. The second-order valence-corrected chi connectivity index (χ2v) is 6.93. The van der Waals surface area contributed by atoms with Crippen LogP contribution in [0, 0.1) is 6.92 Å². The second kappa shape index (κ2) is 9.18. The molecule has 0 aliphatic rings. The molecule has 0 spiro atoms. The first-order valence-electron chi connectivity index (χ1n) is 8.62. The van der Waals surface area contributed by atoms with E-state index in [9.17, 15) is 9.59 Å². The first-order chi connectivity index (χ1) is 13.6. The van der Waals surface area contributed by atoms with Crippen molar-refractivity contribution in [2.45, 2.75) is 12.1 Å². The van der Waals surface area contributed by atoms with Crippen molar-refractivity contribution < 1.29 is 14.3 Å². The van der Waals surface area contributed by atoms with Gasteiger partial charge in [-0.1, -0.05) is 59.8 Å². The molecule has 0 aliphatic carbocycles. The highest BCUT2D eigenvalue weighted by molar-refractivity contribution is 7.99. The number of esters is 1. The Morgan fingerprint density at radius 2 is 1.79 bits per heavy atom. The SMILES string of the molecule is COC(=O)CNC(=O)CSc1nnc(-c2ccc(C)cc2)n1-c1ccccc1. The van der Waals surface area contributed by atoms with Crippen LogP contribution in [-0.4, -0.2) is 46.0 Å². The van der Waals surface area contributed by atoms with Gasteiger partial charge in [-0.25, -0.2) is 0 Å². The minimum atomic E-state index is -0.493. The molecule has 3 aromatic rings. The van der Waals surface area contributed by atoms with Gasteiger partial charge >= 0.3 is 5.97 Å². The Labute approximate surface area is 167 Å². The maximum absolute atomic E-state index is 12.0. The normalized spacial score (nSPS) is 10.5. The predicted molar refractivity (Wildman–Crippen MR) is 107 cm³/mol. The topological polar surface area (TPSA) is 86.1 Å². The maximum Gasteiger partial charge on any atom is 0.325 e. The molecule has 2 aromatic carbocycles. The Morgan fingerprint density at radius 1 is 1.07 bits per heavy atom. The van der Waals surface area contributed by atoms with Crippen LogP contribution in [0.3, 0.4) is 0 Å². The quantitative estimate of drug-likeness (QED) is 0.488. The third-order valence-electron chi connectivity index (χ3n) is 3.95. The largest absolute Gasteiger partial charge is 0.468 e. The van der Waals surface area contributed by atoms with Crippen LogP contribution in [0.15, 0.2) is 59.8 Å². The van der Waals surface area contributed by atoms with Crippen molar-refractivity contribution >= 4 is 23.6 Å². The Balaban J connectivity index is 1.84. The van der Waals surface area contributed by atoms with E-state index >= 15 is 0 Å². The molecule has 144 valence electrons. The van der Waals surface area contributed by atoms with Crippen molar-refractivity contribution in [3.05, 3.63) is 60.2 Å². The van der Waals surface area contributed by atoms with Gasteiger partial charge in [-0.2, -0.15) is 0 Å². The van der Waals surface area contributed by atoms with Gasteiger partial charge in [0.05, 0.1) is 12.9 Å². The first kappa shape index (κ1) is 19.6. The van der Waals surface area contributed by atoms with Gasteiger partial charge in [-0.05, 0) is 19.1 Å². The molecule has 0 bridgehead atoms. The monoisotopic (exact) mass is 396 g/mol. The number of aryl methyl sites for hydroxylation is 1. The van der Waals surface area contributed by atoms with Gasteiger partial charge in [-0.3, -0.25) is 14.2 Å². The van der Waals surface area contributed by atoms with E-state index in [0.29, 0.717) is 11.0 Å². The summed E-state index contributed by atoms with van der Waals surface area (Å²) >= 11 is 1.25. The molecule has 1 aromatic heterocycles. The maximum atomic E-state index is 12.0. The molecular weight excluding hydrogens is 376 g/mol. The molecule has 0 atom stereocenters. The highest BCUT2D eigenvalue weighted by atomic mass is 32.2. The van der Waals surface area contributed by atoms with Crippen molar-refractivity contribution in [2.24, 2.45) is 0 Å². The van der Waals surface area contributed by atoms with Crippen LogP contribution in [0.25, 0.3) is 17.1 Å². The average Bonchev–Trinajstić information content (AvgIpc) is 3.15. The molecule has 28 heavy (non-hydrogen) atoms. The van der Waals surface area contributed by atoms with Crippen molar-refractivity contribution in [3.8, 4) is 17.1 Å². The Kier molecular flexibility index (Phi) is 6.44. The van der Waals surface area contributed by atoms with Crippen LogP contribution in [0.2, 0.25) is 0 Å². The fraction of sp³-hybridized carbons (Fsp3) is 0.200. The van der Waals surface area contributed by atoms with Gasteiger partial charge in [0.1, 0.15) is 6.54 Å². The summed E-state index contributed by atoms with van der Waals surface area (Å²) in [6.45, 7) is 1.87. The Bertz CT molecular complexity index is 955. The third-order valence-corrected chi connectivity index (χ3v) is 4.88. The lowest BCUT2D eigenvalue weighted by molar-refractivity contribution is -0.140. The lowest BCUT2D eigenvalue weighted by Gasteiger charge is -2.10. The molecule has 0 saturated heterocycles. The zero-order valence-corrected chi connectivity index (χ0v) is 16.4. The standard InChI is InChI=1S/C20H20N4O3S/c1-14-8-10-15(11-9-14)19-22-23-20(24(19)16-6-4-3-5-7-16)28-13-17(25)21-12-18(26)27-2/h3-11H,12-13H2,1-2H3,(H,21,25). The van der Waals surface area contributed by atoms with E-state index in [1.807, 2.05) is 66.1 Å². The van der Waals surface area contributed by atoms with Gasteiger partial charge < -0.3 is 10.1 Å². The lowest BCUT2D eigenvalue weighted by Crippen LogP contribution is -2.31. The van der Waals surface area contributed by atoms with E-state index in [1.165, 1.54) is 18.9 Å². The number of carbonyl (C=O) groups is 2. The molecule has 0 fully saturated rings. The van der Waals surface area contributed by atoms with E-state index in [4.69, 9.17) is 0 Å². The van der Waals surface area contributed by atoms with Crippen LogP contribution < -0.4 is 5.32 Å². The number of hydrogen-bond acceptors (Lipinski definition) is 6. The third kappa shape index (κ3) is 4.77. The molecular formula is C20H20N4O3S. The van der Waals surface area contributed by atoms with E-state index in [-0.39, 0.29) is 18.2 Å². The number of hydrogen-bond donors (Lipinski definition) is 1. The molecule has 3 rings (SSSR count). The number of nitrogens with one attached hydrogen (secondary N) is 1. The number of ether oxygens (including phenoxy) is 1. The van der Waals surface area contributed by atoms with Crippen molar-refractivity contribution in [2.75, 3.05) is 19.4 Å². The molecule has 0 saturated carbocycles. The minimum absolute atomic E-state index is 0.107. The zero-order chi connectivity index (χ0) is 19.9. The summed E-state index contributed by atoms with van der Waals surface area (Å²) in [5.74, 6) is 0.0292. The summed E-state index contributed by atoms with van der Waals surface area (Å²) in [6, 6.07) is 17.8. The van der Waals surface area contributed by atoms with E-state index in [2.05, 4.69) is 20.3 Å².